The molecule has 1 amide bonds. The van der Waals surface area contributed by atoms with Gasteiger partial charge in [0.25, 0.3) is 0 Å². The summed E-state index contributed by atoms with van der Waals surface area (Å²) in [7, 11) is 0. The Kier molecular flexibility index (Phi) is 6.38. The Morgan fingerprint density at radius 2 is 2.04 bits per heavy atom. The Bertz CT molecular complexity index is 896. The molecule has 1 aromatic carbocycles. The molecule has 6 nitrogen and oxygen atoms in total. The van der Waals surface area contributed by atoms with Crippen molar-refractivity contribution >= 4 is 22.9 Å². The van der Waals surface area contributed by atoms with E-state index in [4.69, 9.17) is 9.47 Å². The molecule has 0 aliphatic carbocycles. The van der Waals surface area contributed by atoms with Crippen molar-refractivity contribution in [1.82, 2.24) is 9.97 Å². The zero-order valence-electron chi connectivity index (χ0n) is 15.3. The number of aromatic nitrogens is 2. The van der Waals surface area contributed by atoms with Gasteiger partial charge in [0.1, 0.15) is 16.5 Å². The van der Waals surface area contributed by atoms with Gasteiger partial charge in [0.15, 0.2) is 0 Å². The van der Waals surface area contributed by atoms with E-state index in [0.29, 0.717) is 30.4 Å². The van der Waals surface area contributed by atoms with Crippen LogP contribution >= 0.6 is 11.3 Å². The molecule has 0 saturated carbocycles. The van der Waals surface area contributed by atoms with Crippen LogP contribution in [0.3, 0.4) is 0 Å². The number of ether oxygens (including phenoxy) is 2. The van der Waals surface area contributed by atoms with Crippen molar-refractivity contribution in [2.75, 3.05) is 18.5 Å². The van der Waals surface area contributed by atoms with Crippen molar-refractivity contribution in [2.24, 2.45) is 0 Å². The molecule has 140 valence electrons. The fourth-order valence-electron chi connectivity index (χ4n) is 2.51. The Morgan fingerprint density at radius 3 is 2.78 bits per heavy atom. The lowest BCUT2D eigenvalue weighted by Gasteiger charge is -2.13. The first kappa shape index (κ1) is 18.8. The Labute approximate surface area is 162 Å². The first-order chi connectivity index (χ1) is 13.2. The predicted molar refractivity (Wildman–Crippen MR) is 106 cm³/mol. The number of carbonyl (C=O) groups excluding carboxylic acids is 1. The van der Waals surface area contributed by atoms with Crippen LogP contribution in [0.1, 0.15) is 19.5 Å². The number of hydrogen-bond acceptors (Lipinski definition) is 6. The molecular formula is C20H21N3O3S. The number of rotatable bonds is 8. The summed E-state index contributed by atoms with van der Waals surface area (Å²) in [5.74, 6) is 1.14. The number of anilines is 1. The van der Waals surface area contributed by atoms with Gasteiger partial charge in [-0.2, -0.15) is 0 Å². The number of thiazole rings is 1. The van der Waals surface area contributed by atoms with Crippen LogP contribution in [-0.2, 0) is 11.2 Å². The first-order valence-corrected chi connectivity index (χ1v) is 9.61. The van der Waals surface area contributed by atoms with Gasteiger partial charge in [0, 0.05) is 29.4 Å². The van der Waals surface area contributed by atoms with Crippen LogP contribution in [0.5, 0.6) is 11.5 Å². The van der Waals surface area contributed by atoms with E-state index in [1.807, 2.05) is 37.4 Å². The summed E-state index contributed by atoms with van der Waals surface area (Å²) in [6.07, 6.45) is 3.66. The SMILES string of the molecule is CCOc1ccc(OCC)c(NC(=O)Cc2csc(-c3cccnc3)n2)c1. The van der Waals surface area contributed by atoms with Crippen LogP contribution in [0.2, 0.25) is 0 Å². The molecule has 27 heavy (non-hydrogen) atoms. The topological polar surface area (TPSA) is 73.3 Å². The first-order valence-electron chi connectivity index (χ1n) is 8.74. The average molecular weight is 383 g/mol. The van der Waals surface area contributed by atoms with Crippen LogP contribution < -0.4 is 14.8 Å². The third-order valence-corrected chi connectivity index (χ3v) is 4.58. The molecule has 0 atom stereocenters. The van der Waals surface area contributed by atoms with Crippen molar-refractivity contribution in [2.45, 2.75) is 20.3 Å². The maximum atomic E-state index is 12.5. The molecule has 0 radical (unpaired) electrons. The number of benzene rings is 1. The second-order valence-electron chi connectivity index (χ2n) is 5.63. The molecular weight excluding hydrogens is 362 g/mol. The largest absolute Gasteiger partial charge is 0.494 e. The van der Waals surface area contributed by atoms with Crippen LogP contribution in [0.25, 0.3) is 10.6 Å². The number of pyridine rings is 1. The monoisotopic (exact) mass is 383 g/mol. The fraction of sp³-hybridized carbons (Fsp3) is 0.250. The lowest BCUT2D eigenvalue weighted by molar-refractivity contribution is -0.115. The zero-order chi connectivity index (χ0) is 19.1. The zero-order valence-corrected chi connectivity index (χ0v) is 16.1. The minimum atomic E-state index is -0.160. The molecule has 0 fully saturated rings. The summed E-state index contributed by atoms with van der Waals surface area (Å²) in [5, 5.41) is 5.64. The minimum absolute atomic E-state index is 0.160. The van der Waals surface area contributed by atoms with Crippen molar-refractivity contribution in [3.63, 3.8) is 0 Å². The van der Waals surface area contributed by atoms with Gasteiger partial charge in [-0.3, -0.25) is 9.78 Å². The van der Waals surface area contributed by atoms with Crippen LogP contribution in [0, 0.1) is 0 Å². The maximum absolute atomic E-state index is 12.5. The van der Waals surface area contributed by atoms with E-state index in [1.165, 1.54) is 11.3 Å². The molecule has 0 unspecified atom stereocenters. The molecule has 0 aliphatic heterocycles. The molecule has 2 aromatic heterocycles. The molecule has 7 heteroatoms. The molecule has 1 N–H and O–H groups in total. The van der Waals surface area contributed by atoms with E-state index in [1.54, 1.807) is 24.5 Å². The quantitative estimate of drug-likeness (QED) is 0.632. The van der Waals surface area contributed by atoms with Gasteiger partial charge in [-0.05, 0) is 38.1 Å². The highest BCUT2D eigenvalue weighted by molar-refractivity contribution is 7.13. The Hall–Kier alpha value is -2.93. The third kappa shape index (κ3) is 5.04. The number of nitrogens with one attached hydrogen (secondary N) is 1. The summed E-state index contributed by atoms with van der Waals surface area (Å²) in [5.41, 5.74) is 2.25. The van der Waals surface area contributed by atoms with Gasteiger partial charge in [0.05, 0.1) is 31.0 Å². The minimum Gasteiger partial charge on any atom is -0.494 e. The van der Waals surface area contributed by atoms with E-state index in [-0.39, 0.29) is 12.3 Å². The molecule has 0 spiro atoms. The normalized spacial score (nSPS) is 10.4. The van der Waals surface area contributed by atoms with Gasteiger partial charge in [-0.25, -0.2) is 4.98 Å². The van der Waals surface area contributed by atoms with Gasteiger partial charge >= 0.3 is 0 Å². The molecule has 0 saturated heterocycles. The molecule has 3 rings (SSSR count). The van der Waals surface area contributed by atoms with E-state index in [9.17, 15) is 4.79 Å². The summed E-state index contributed by atoms with van der Waals surface area (Å²) in [4.78, 5) is 21.1. The Balaban J connectivity index is 1.70. The maximum Gasteiger partial charge on any atom is 0.230 e. The van der Waals surface area contributed by atoms with Crippen molar-refractivity contribution in [3.8, 4) is 22.1 Å². The molecule has 3 aromatic rings. The third-order valence-electron chi connectivity index (χ3n) is 3.64. The summed E-state index contributed by atoms with van der Waals surface area (Å²) < 4.78 is 11.1. The van der Waals surface area contributed by atoms with Crippen molar-refractivity contribution in [1.29, 1.82) is 0 Å². The molecule has 0 aliphatic rings. The smallest absolute Gasteiger partial charge is 0.230 e. The summed E-state index contributed by atoms with van der Waals surface area (Å²) in [6, 6.07) is 9.21. The predicted octanol–water partition coefficient (Wildman–Crippen LogP) is 4.18. The second kappa shape index (κ2) is 9.14. The Morgan fingerprint density at radius 1 is 1.19 bits per heavy atom. The lowest BCUT2D eigenvalue weighted by atomic mass is 10.2. The van der Waals surface area contributed by atoms with E-state index in [2.05, 4.69) is 15.3 Å². The number of nitrogens with zero attached hydrogens (tertiary/aromatic N) is 2. The second-order valence-corrected chi connectivity index (χ2v) is 6.49. The van der Waals surface area contributed by atoms with Gasteiger partial charge in [-0.15, -0.1) is 11.3 Å². The van der Waals surface area contributed by atoms with Gasteiger partial charge < -0.3 is 14.8 Å². The molecule has 2 heterocycles. The lowest BCUT2D eigenvalue weighted by Crippen LogP contribution is -2.15. The average Bonchev–Trinajstić information content (AvgIpc) is 3.13. The standard InChI is InChI=1S/C20H21N3O3S/c1-3-25-16-7-8-18(26-4-2)17(11-16)23-19(24)10-15-13-27-20(22-15)14-6-5-9-21-12-14/h5-9,11-13H,3-4,10H2,1-2H3,(H,23,24). The van der Waals surface area contributed by atoms with E-state index in [0.717, 1.165) is 16.3 Å². The van der Waals surface area contributed by atoms with Gasteiger partial charge in [-0.1, -0.05) is 0 Å². The van der Waals surface area contributed by atoms with Crippen LogP contribution in [0.4, 0.5) is 5.69 Å². The van der Waals surface area contributed by atoms with Crippen molar-refractivity contribution in [3.05, 3.63) is 53.8 Å². The number of amides is 1. The van der Waals surface area contributed by atoms with E-state index >= 15 is 0 Å². The summed E-state index contributed by atoms with van der Waals surface area (Å²) >= 11 is 1.50. The van der Waals surface area contributed by atoms with Gasteiger partial charge in [0.2, 0.25) is 5.91 Å². The van der Waals surface area contributed by atoms with E-state index < -0.39 is 0 Å². The fourth-order valence-corrected chi connectivity index (χ4v) is 3.32. The number of carbonyl (C=O) groups is 1. The summed E-state index contributed by atoms with van der Waals surface area (Å²) in [6.45, 7) is 4.88. The van der Waals surface area contributed by atoms with Crippen molar-refractivity contribution < 1.29 is 14.3 Å². The highest BCUT2D eigenvalue weighted by Gasteiger charge is 2.13. The number of hydrogen-bond donors (Lipinski definition) is 1. The highest BCUT2D eigenvalue weighted by atomic mass is 32.1. The van der Waals surface area contributed by atoms with Crippen LogP contribution in [-0.4, -0.2) is 29.1 Å². The highest BCUT2D eigenvalue weighted by Crippen LogP contribution is 2.30. The van der Waals surface area contributed by atoms with Crippen LogP contribution in [0.15, 0.2) is 48.1 Å². The molecule has 0 bridgehead atoms.